The minimum absolute atomic E-state index is 0. The molecule has 0 saturated heterocycles. The number of hydrogen-bond donors (Lipinski definition) is 0. The van der Waals surface area contributed by atoms with Crippen LogP contribution in [0.5, 0.6) is 0 Å². The van der Waals surface area contributed by atoms with E-state index in [4.69, 9.17) is 0 Å². The Balaban J connectivity index is 0. The molecule has 0 N–H and O–H groups in total. The molecule has 0 bridgehead atoms. The van der Waals surface area contributed by atoms with Crippen LogP contribution in [0.1, 0.15) is 79.2 Å². The van der Waals surface area contributed by atoms with Gasteiger partial charge in [0.2, 0.25) is 0 Å². The molecule has 0 saturated carbocycles. The van der Waals surface area contributed by atoms with Crippen molar-refractivity contribution in [3.8, 4) is 0 Å². The largest absolute Gasteiger partial charge is 0.0776 e. The molecule has 112 valence electrons. The monoisotopic (exact) mass is 264 g/mol. The highest BCUT2D eigenvalue weighted by Crippen LogP contribution is 2.10. The third-order valence-electron chi connectivity index (χ3n) is 3.22. The van der Waals surface area contributed by atoms with Crippen LogP contribution in [0.2, 0.25) is 0 Å². The molecule has 0 heterocycles. The predicted octanol–water partition coefficient (Wildman–Crippen LogP) is 6.89. The lowest BCUT2D eigenvalue weighted by Gasteiger charge is -2.05. The van der Waals surface area contributed by atoms with Gasteiger partial charge in [0, 0.05) is 0 Å². The fourth-order valence-electron chi connectivity index (χ4n) is 2.16. The summed E-state index contributed by atoms with van der Waals surface area (Å²) < 4.78 is 0. The van der Waals surface area contributed by atoms with Crippen molar-refractivity contribution in [2.24, 2.45) is 5.92 Å². The van der Waals surface area contributed by atoms with Gasteiger partial charge < -0.3 is 0 Å². The van der Waals surface area contributed by atoms with Gasteiger partial charge in [0.1, 0.15) is 0 Å². The predicted molar refractivity (Wildman–Crippen MR) is 90.8 cm³/mol. The lowest BCUT2D eigenvalue weighted by atomic mass is 10.0. The van der Waals surface area contributed by atoms with E-state index in [1.54, 1.807) is 0 Å². The summed E-state index contributed by atoms with van der Waals surface area (Å²) in [5.41, 5.74) is 1.46. The van der Waals surface area contributed by atoms with E-state index in [0.29, 0.717) is 0 Å². The van der Waals surface area contributed by atoms with E-state index in [1.165, 1.54) is 50.5 Å². The first kappa shape index (κ1) is 20.5. The van der Waals surface area contributed by atoms with E-state index >= 15 is 0 Å². The van der Waals surface area contributed by atoms with Crippen molar-refractivity contribution in [3.63, 3.8) is 0 Å². The number of rotatable bonds is 7. The molecule has 0 heteroatoms. The molecule has 1 aromatic carbocycles. The molecule has 0 atom stereocenters. The van der Waals surface area contributed by atoms with Gasteiger partial charge in [-0.15, -0.1) is 0 Å². The standard InChI is InChI=1S/C10H14.C8H18.CH4/c1-2-3-7-10-8-5-4-6-9-10;1-4-6-8(3)7-5-2;/h4-6,8-9H,2-3,7H2,1H3;8H,4-7H2,1-3H3;1H4. The molecule has 19 heavy (non-hydrogen) atoms. The molecular formula is C19H36. The van der Waals surface area contributed by atoms with Gasteiger partial charge in [-0.2, -0.15) is 0 Å². The lowest BCUT2D eigenvalue weighted by molar-refractivity contribution is 0.480. The van der Waals surface area contributed by atoms with E-state index in [-0.39, 0.29) is 7.43 Å². The van der Waals surface area contributed by atoms with Crippen molar-refractivity contribution in [1.82, 2.24) is 0 Å². The van der Waals surface area contributed by atoms with Crippen molar-refractivity contribution in [3.05, 3.63) is 35.9 Å². The zero-order valence-corrected chi connectivity index (χ0v) is 12.9. The summed E-state index contributed by atoms with van der Waals surface area (Å²) in [5, 5.41) is 0. The van der Waals surface area contributed by atoms with Crippen LogP contribution in [-0.2, 0) is 6.42 Å². The maximum atomic E-state index is 2.34. The Bertz CT molecular complexity index is 244. The Labute approximate surface area is 122 Å². The Kier molecular flexibility index (Phi) is 16.5. The van der Waals surface area contributed by atoms with Crippen LogP contribution in [0.15, 0.2) is 30.3 Å². The third-order valence-corrected chi connectivity index (χ3v) is 3.22. The van der Waals surface area contributed by atoms with Crippen LogP contribution in [0.25, 0.3) is 0 Å². The Hall–Kier alpha value is -0.780. The quantitative estimate of drug-likeness (QED) is 0.503. The average Bonchev–Trinajstić information content (AvgIpc) is 2.39. The molecular weight excluding hydrogens is 228 g/mol. The number of hydrogen-bond acceptors (Lipinski definition) is 0. The molecule has 0 amide bonds. The summed E-state index contributed by atoms with van der Waals surface area (Å²) in [4.78, 5) is 0. The highest BCUT2D eigenvalue weighted by molar-refractivity contribution is 5.14. The zero-order chi connectivity index (χ0) is 13.6. The van der Waals surface area contributed by atoms with Crippen molar-refractivity contribution in [1.29, 1.82) is 0 Å². The SMILES string of the molecule is C.CCCC(C)CCC.CCCCc1ccccc1. The van der Waals surface area contributed by atoms with E-state index in [9.17, 15) is 0 Å². The lowest BCUT2D eigenvalue weighted by Crippen LogP contribution is -1.91. The summed E-state index contributed by atoms with van der Waals surface area (Å²) in [5.74, 6) is 0.963. The maximum absolute atomic E-state index is 2.34. The summed E-state index contributed by atoms with van der Waals surface area (Å²) in [7, 11) is 0. The Morgan fingerprint density at radius 1 is 0.842 bits per heavy atom. The molecule has 0 unspecified atom stereocenters. The van der Waals surface area contributed by atoms with Gasteiger partial charge in [-0.25, -0.2) is 0 Å². The van der Waals surface area contributed by atoms with Gasteiger partial charge >= 0.3 is 0 Å². The molecule has 0 radical (unpaired) electrons. The first-order valence-corrected chi connectivity index (χ1v) is 7.78. The molecule has 0 nitrogen and oxygen atoms in total. The third kappa shape index (κ3) is 13.5. The van der Waals surface area contributed by atoms with E-state index < -0.39 is 0 Å². The fraction of sp³-hybridized carbons (Fsp3) is 0.684. The van der Waals surface area contributed by atoms with E-state index in [1.807, 2.05) is 0 Å². The van der Waals surface area contributed by atoms with Crippen LogP contribution in [0, 0.1) is 5.92 Å². The van der Waals surface area contributed by atoms with Crippen LogP contribution >= 0.6 is 0 Å². The van der Waals surface area contributed by atoms with E-state index in [0.717, 1.165) is 5.92 Å². The number of aryl methyl sites for hydroxylation is 1. The van der Waals surface area contributed by atoms with Gasteiger partial charge in [0.15, 0.2) is 0 Å². The van der Waals surface area contributed by atoms with Gasteiger partial charge in [0.25, 0.3) is 0 Å². The minimum Gasteiger partial charge on any atom is -0.0776 e. The molecule has 0 aliphatic rings. The summed E-state index contributed by atoms with van der Waals surface area (Å²) in [6.07, 6.45) is 9.35. The second-order valence-electron chi connectivity index (χ2n) is 5.27. The smallest absolute Gasteiger partial charge is 0.0279 e. The average molecular weight is 264 g/mol. The first-order chi connectivity index (χ1) is 8.74. The van der Waals surface area contributed by atoms with Crippen LogP contribution in [-0.4, -0.2) is 0 Å². The van der Waals surface area contributed by atoms with Gasteiger partial charge in [-0.05, 0) is 24.3 Å². The zero-order valence-electron chi connectivity index (χ0n) is 12.9. The number of benzene rings is 1. The molecule has 0 fully saturated rings. The molecule has 0 aromatic heterocycles. The highest BCUT2D eigenvalue weighted by atomic mass is 14.0. The highest BCUT2D eigenvalue weighted by Gasteiger charge is 1.95. The molecule has 1 rings (SSSR count). The van der Waals surface area contributed by atoms with Crippen molar-refractivity contribution >= 4 is 0 Å². The summed E-state index contributed by atoms with van der Waals surface area (Å²) in [6, 6.07) is 10.6. The van der Waals surface area contributed by atoms with Gasteiger partial charge in [0.05, 0.1) is 0 Å². The number of unbranched alkanes of at least 4 members (excludes halogenated alkanes) is 1. The minimum atomic E-state index is 0. The first-order valence-electron chi connectivity index (χ1n) is 7.78. The summed E-state index contributed by atoms with van der Waals surface area (Å²) >= 11 is 0. The molecule has 0 aliphatic carbocycles. The molecule has 0 spiro atoms. The van der Waals surface area contributed by atoms with Crippen LogP contribution in [0.3, 0.4) is 0 Å². The second kappa shape index (κ2) is 15.3. The van der Waals surface area contributed by atoms with Gasteiger partial charge in [-0.1, -0.05) is 97.6 Å². The molecule has 1 aromatic rings. The van der Waals surface area contributed by atoms with Crippen LogP contribution < -0.4 is 0 Å². The van der Waals surface area contributed by atoms with Crippen molar-refractivity contribution in [2.75, 3.05) is 0 Å². The van der Waals surface area contributed by atoms with Crippen LogP contribution in [0.4, 0.5) is 0 Å². The second-order valence-corrected chi connectivity index (χ2v) is 5.27. The summed E-state index contributed by atoms with van der Waals surface area (Å²) in [6.45, 7) is 9.08. The molecule has 0 aliphatic heterocycles. The Morgan fingerprint density at radius 2 is 1.37 bits per heavy atom. The maximum Gasteiger partial charge on any atom is -0.0279 e. The topological polar surface area (TPSA) is 0 Å². The Morgan fingerprint density at radius 3 is 1.79 bits per heavy atom. The fourth-order valence-corrected chi connectivity index (χ4v) is 2.16. The normalized spacial score (nSPS) is 9.53. The van der Waals surface area contributed by atoms with Gasteiger partial charge in [-0.3, -0.25) is 0 Å². The van der Waals surface area contributed by atoms with Crippen molar-refractivity contribution in [2.45, 2.75) is 80.1 Å². The van der Waals surface area contributed by atoms with E-state index in [2.05, 4.69) is 58.0 Å². The van der Waals surface area contributed by atoms with Crippen molar-refractivity contribution < 1.29 is 0 Å².